The van der Waals surface area contributed by atoms with Crippen molar-refractivity contribution >= 4 is 29.3 Å². The van der Waals surface area contributed by atoms with Gasteiger partial charge in [0.15, 0.2) is 0 Å². The van der Waals surface area contributed by atoms with E-state index in [-0.39, 0.29) is 41.0 Å². The number of carbonyl (C=O) groups is 3. The van der Waals surface area contributed by atoms with Gasteiger partial charge in [-0.2, -0.15) is 0 Å². The van der Waals surface area contributed by atoms with Crippen LogP contribution in [-0.4, -0.2) is 38.4 Å². The lowest BCUT2D eigenvalue weighted by Gasteiger charge is -2.31. The van der Waals surface area contributed by atoms with Gasteiger partial charge < -0.3 is 19.2 Å². The van der Waals surface area contributed by atoms with Crippen LogP contribution in [0.5, 0.6) is 0 Å². The Hall–Kier alpha value is -4.21. The predicted octanol–water partition coefficient (Wildman–Crippen LogP) is 3.45. The number of aryl methyl sites for hydroxylation is 1. The molecule has 0 aromatic carbocycles. The van der Waals surface area contributed by atoms with Gasteiger partial charge in [0, 0.05) is 62.2 Å². The molecule has 0 atom stereocenters. The largest absolute Gasteiger partial charge is 0.461 e. The molecular formula is C30H33N5O5. The van der Waals surface area contributed by atoms with Crippen molar-refractivity contribution in [1.82, 2.24) is 14.1 Å². The van der Waals surface area contributed by atoms with Crippen molar-refractivity contribution in [2.24, 2.45) is 18.4 Å². The molecule has 3 aromatic heterocycles. The van der Waals surface area contributed by atoms with E-state index in [2.05, 4.69) is 28.7 Å². The molecule has 208 valence electrons. The summed E-state index contributed by atoms with van der Waals surface area (Å²) in [6.07, 6.45) is 6.79. The third kappa shape index (κ3) is 4.61. The number of hydrogen-bond acceptors (Lipinski definition) is 6. The van der Waals surface area contributed by atoms with E-state index in [4.69, 9.17) is 4.74 Å². The Balaban J connectivity index is 1.40. The maximum Gasteiger partial charge on any atom is 0.302 e. The Morgan fingerprint density at radius 1 is 1.15 bits per heavy atom. The first-order valence-electron chi connectivity index (χ1n) is 13.7. The molecule has 0 saturated heterocycles. The summed E-state index contributed by atoms with van der Waals surface area (Å²) < 4.78 is 8.98. The highest BCUT2D eigenvalue weighted by atomic mass is 16.5. The summed E-state index contributed by atoms with van der Waals surface area (Å²) in [5, 5.41) is 2.77. The highest BCUT2D eigenvalue weighted by molar-refractivity contribution is 6.06. The van der Waals surface area contributed by atoms with Crippen molar-refractivity contribution in [1.29, 1.82) is 0 Å². The van der Waals surface area contributed by atoms with E-state index in [0.717, 1.165) is 25.7 Å². The van der Waals surface area contributed by atoms with E-state index in [9.17, 15) is 19.2 Å². The molecule has 3 aliphatic rings. The summed E-state index contributed by atoms with van der Waals surface area (Å²) in [6, 6.07) is 5.41. The third-order valence-electron chi connectivity index (χ3n) is 8.03. The van der Waals surface area contributed by atoms with Gasteiger partial charge in [0.1, 0.15) is 23.8 Å². The van der Waals surface area contributed by atoms with Gasteiger partial charge in [-0.05, 0) is 60.4 Å². The van der Waals surface area contributed by atoms with Crippen LogP contribution < -0.4 is 15.8 Å². The Kier molecular flexibility index (Phi) is 6.16. The number of carbonyl (C=O) groups excluding carboxylic acids is 3. The van der Waals surface area contributed by atoms with E-state index < -0.39 is 5.97 Å². The maximum absolute atomic E-state index is 13.8. The van der Waals surface area contributed by atoms with Gasteiger partial charge in [-0.25, -0.2) is 4.98 Å². The normalized spacial score (nSPS) is 17.4. The van der Waals surface area contributed by atoms with Crippen molar-refractivity contribution in [2.75, 3.05) is 16.8 Å². The van der Waals surface area contributed by atoms with Crippen LogP contribution in [0.1, 0.15) is 60.9 Å². The lowest BCUT2D eigenvalue weighted by Crippen LogP contribution is -2.41. The van der Waals surface area contributed by atoms with E-state index in [1.807, 2.05) is 6.07 Å². The molecule has 10 heteroatoms. The molecule has 6 rings (SSSR count). The lowest BCUT2D eigenvalue weighted by atomic mass is 9.90. The lowest BCUT2D eigenvalue weighted by molar-refractivity contribution is -0.142. The number of ether oxygens (including phenoxy) is 1. The number of hydrogen-bond donors (Lipinski definition) is 1. The predicted molar refractivity (Wildman–Crippen MR) is 149 cm³/mol. The smallest absolute Gasteiger partial charge is 0.302 e. The first-order valence-corrected chi connectivity index (χ1v) is 13.7. The van der Waals surface area contributed by atoms with Crippen LogP contribution >= 0.6 is 0 Å². The molecule has 0 bridgehead atoms. The van der Waals surface area contributed by atoms with E-state index >= 15 is 0 Å². The summed E-state index contributed by atoms with van der Waals surface area (Å²) in [7, 11) is 1.62. The Labute approximate surface area is 232 Å². The molecule has 4 heterocycles. The van der Waals surface area contributed by atoms with Crippen LogP contribution in [0.4, 0.5) is 11.5 Å². The molecule has 40 heavy (non-hydrogen) atoms. The van der Waals surface area contributed by atoms with E-state index in [0.29, 0.717) is 41.3 Å². The minimum atomic E-state index is -0.462. The van der Waals surface area contributed by atoms with Gasteiger partial charge in [-0.3, -0.25) is 24.1 Å². The monoisotopic (exact) mass is 543 g/mol. The summed E-state index contributed by atoms with van der Waals surface area (Å²) in [4.78, 5) is 57.2. The number of nitrogens with zero attached hydrogens (tertiary/aromatic N) is 4. The van der Waals surface area contributed by atoms with Crippen molar-refractivity contribution in [3.05, 3.63) is 63.5 Å². The third-order valence-corrected chi connectivity index (χ3v) is 8.03. The van der Waals surface area contributed by atoms with Crippen LogP contribution in [0.25, 0.3) is 11.1 Å². The minimum Gasteiger partial charge on any atom is -0.461 e. The number of rotatable bonds is 6. The molecule has 0 unspecified atom stereocenters. The van der Waals surface area contributed by atoms with Gasteiger partial charge in [-0.1, -0.05) is 13.8 Å². The molecule has 0 radical (unpaired) electrons. The van der Waals surface area contributed by atoms with Gasteiger partial charge in [0.2, 0.25) is 5.91 Å². The second kappa shape index (κ2) is 9.46. The van der Waals surface area contributed by atoms with Gasteiger partial charge in [0.25, 0.3) is 11.5 Å². The highest BCUT2D eigenvalue weighted by Gasteiger charge is 2.38. The number of aromatic nitrogens is 3. The zero-order valence-electron chi connectivity index (χ0n) is 23.2. The van der Waals surface area contributed by atoms with Crippen LogP contribution in [0.3, 0.4) is 0 Å². The first-order chi connectivity index (χ1) is 19.0. The number of pyridine rings is 2. The summed E-state index contributed by atoms with van der Waals surface area (Å²) in [5.41, 5.74) is 4.99. The van der Waals surface area contributed by atoms with Crippen LogP contribution in [0, 0.1) is 11.3 Å². The van der Waals surface area contributed by atoms with Crippen LogP contribution in [0.2, 0.25) is 0 Å². The number of esters is 1. The Bertz CT molecular complexity index is 1630. The summed E-state index contributed by atoms with van der Waals surface area (Å²) >= 11 is 0. The Morgan fingerprint density at radius 2 is 1.93 bits per heavy atom. The molecule has 1 N–H and O–H groups in total. The summed E-state index contributed by atoms with van der Waals surface area (Å²) in [5.74, 6) is -0.422. The fourth-order valence-electron chi connectivity index (χ4n) is 5.94. The van der Waals surface area contributed by atoms with E-state index in [1.54, 1.807) is 36.5 Å². The number of fused-ring (bicyclic) bond motifs is 3. The zero-order chi connectivity index (χ0) is 28.3. The molecule has 1 aliphatic heterocycles. The molecule has 1 fully saturated rings. The number of amides is 2. The molecule has 1 saturated carbocycles. The first kappa shape index (κ1) is 26.0. The van der Waals surface area contributed by atoms with Gasteiger partial charge in [-0.15, -0.1) is 0 Å². The van der Waals surface area contributed by atoms with E-state index in [1.165, 1.54) is 22.7 Å². The van der Waals surface area contributed by atoms with Gasteiger partial charge in [0.05, 0.1) is 0 Å². The minimum absolute atomic E-state index is 0.0584. The highest BCUT2D eigenvalue weighted by Crippen LogP contribution is 2.40. The average molecular weight is 544 g/mol. The second-order valence-corrected chi connectivity index (χ2v) is 11.9. The molecule has 3 aromatic rings. The zero-order valence-corrected chi connectivity index (χ0v) is 23.2. The maximum atomic E-state index is 13.8. The van der Waals surface area contributed by atoms with Crippen molar-refractivity contribution in [3.8, 4) is 11.1 Å². The average Bonchev–Trinajstić information content (AvgIpc) is 3.64. The molecular weight excluding hydrogens is 510 g/mol. The topological polar surface area (TPSA) is 116 Å². The Morgan fingerprint density at radius 3 is 2.65 bits per heavy atom. The molecule has 2 amide bonds. The molecule has 2 aliphatic carbocycles. The fraction of sp³-hybridized carbons (Fsp3) is 0.433. The number of anilines is 2. The molecule has 0 spiro atoms. The van der Waals surface area contributed by atoms with Crippen molar-refractivity contribution in [3.63, 3.8) is 0 Å². The summed E-state index contributed by atoms with van der Waals surface area (Å²) in [6.45, 7) is 6.78. The van der Waals surface area contributed by atoms with Gasteiger partial charge >= 0.3 is 5.97 Å². The standard InChI is InChI=1S/C30H33N5O5/c1-17(36)40-16-22-21(20-11-23(28(38)33(4)15-20)32-27(37)18-5-6-18)7-8-31-26(22)35-10-9-34-24(29(35)39)12-19-13-30(2,3)14-25(19)34/h7-8,11-12,15,18H,5-6,9-10,13-14,16H2,1-4H3,(H,32,37). The SMILES string of the molecule is CC(=O)OCc1c(-c2cc(NC(=O)C3CC3)c(=O)n(C)c2)ccnc1N1CCn2c(cc3c2CC(C)(C)C3)C1=O. The fourth-order valence-corrected chi connectivity index (χ4v) is 5.94. The van der Waals surface area contributed by atoms with Crippen LogP contribution in [0.15, 0.2) is 35.4 Å². The number of nitrogens with one attached hydrogen (secondary N) is 1. The van der Waals surface area contributed by atoms with Crippen molar-refractivity contribution in [2.45, 2.75) is 59.6 Å². The van der Waals surface area contributed by atoms with Crippen molar-refractivity contribution < 1.29 is 19.1 Å². The quantitative estimate of drug-likeness (QED) is 0.476. The second-order valence-electron chi connectivity index (χ2n) is 11.9. The molecule has 10 nitrogen and oxygen atoms in total. The van der Waals surface area contributed by atoms with Crippen LogP contribution in [-0.2, 0) is 47.4 Å².